The van der Waals surface area contributed by atoms with E-state index in [1.165, 1.54) is 0 Å². The van der Waals surface area contributed by atoms with E-state index in [9.17, 15) is 19.9 Å². The van der Waals surface area contributed by atoms with E-state index in [2.05, 4.69) is 4.76 Å². The molecule has 1 aliphatic carbocycles. The van der Waals surface area contributed by atoms with Crippen molar-refractivity contribution >= 4 is 13.5 Å². The van der Waals surface area contributed by atoms with Gasteiger partial charge in [-0.3, -0.25) is 0 Å². The molecule has 0 fully saturated rings. The van der Waals surface area contributed by atoms with Crippen molar-refractivity contribution in [3.8, 4) is 5.75 Å². The van der Waals surface area contributed by atoms with Crippen LogP contribution in [-0.2, 0) is 4.57 Å². The summed E-state index contributed by atoms with van der Waals surface area (Å²) < 4.78 is 14.5. The Morgan fingerprint density at radius 2 is 1.75 bits per heavy atom. The molecule has 0 saturated carbocycles. The predicted octanol–water partition coefficient (Wildman–Crippen LogP) is 3.32. The van der Waals surface area contributed by atoms with E-state index in [1.54, 1.807) is 24.3 Å². The van der Waals surface area contributed by atoms with Gasteiger partial charge in [0.1, 0.15) is 17.3 Å². The summed E-state index contributed by atoms with van der Waals surface area (Å²) in [6, 6.07) is 6.65. The summed E-state index contributed by atoms with van der Waals surface area (Å²) in [5.41, 5.74) is 0.871. The Morgan fingerprint density at radius 3 is 2.29 bits per heavy atom. The second kappa shape index (κ2) is 7.21. The van der Waals surface area contributed by atoms with Crippen LogP contribution in [0.1, 0.15) is 31.2 Å². The van der Waals surface area contributed by atoms with Gasteiger partial charge in [-0.15, -0.1) is 0 Å². The predicted molar refractivity (Wildman–Crippen MR) is 90.1 cm³/mol. The van der Waals surface area contributed by atoms with E-state index in [4.69, 9.17) is 9.79 Å². The largest absolute Gasteiger partial charge is 0.511 e. The Labute approximate surface area is 139 Å². The molecular formula is C16H20NO6P. The van der Waals surface area contributed by atoms with Gasteiger partial charge in [0.15, 0.2) is 0 Å². The molecule has 0 aliphatic heterocycles. The molecule has 0 heterocycles. The van der Waals surface area contributed by atoms with Crippen molar-refractivity contribution in [2.24, 2.45) is 10.7 Å². The lowest BCUT2D eigenvalue weighted by molar-refractivity contribution is 0.333. The van der Waals surface area contributed by atoms with Crippen molar-refractivity contribution in [3.63, 3.8) is 0 Å². The molecule has 7 nitrogen and oxygen atoms in total. The van der Waals surface area contributed by atoms with Crippen LogP contribution in [0.15, 0.2) is 52.7 Å². The highest BCUT2D eigenvalue weighted by Gasteiger charge is 2.29. The zero-order valence-corrected chi connectivity index (χ0v) is 14.0. The Bertz CT molecular complexity index is 731. The SMILES string of the molecule is CCC(CC1C(O)=CC(O)=CC1=NP(=O)(O)O)c1ccc(O)cc1. The quantitative estimate of drug-likeness (QED) is 0.516. The number of phenolic OH excluding ortho intramolecular Hbond substituents is 1. The number of benzene rings is 1. The van der Waals surface area contributed by atoms with Crippen molar-refractivity contribution in [2.75, 3.05) is 0 Å². The minimum Gasteiger partial charge on any atom is -0.511 e. The van der Waals surface area contributed by atoms with E-state index < -0.39 is 13.7 Å². The van der Waals surface area contributed by atoms with Crippen LogP contribution in [-0.4, -0.2) is 30.8 Å². The summed E-state index contributed by atoms with van der Waals surface area (Å²) in [6.45, 7) is 1.95. The van der Waals surface area contributed by atoms with Crippen molar-refractivity contribution in [2.45, 2.75) is 25.7 Å². The Kier molecular flexibility index (Phi) is 5.49. The first kappa shape index (κ1) is 18.3. The van der Waals surface area contributed by atoms with Crippen LogP contribution in [0, 0.1) is 5.92 Å². The van der Waals surface area contributed by atoms with Crippen LogP contribution in [0.2, 0.25) is 0 Å². The van der Waals surface area contributed by atoms with Gasteiger partial charge in [-0.2, -0.15) is 4.76 Å². The monoisotopic (exact) mass is 353 g/mol. The maximum absolute atomic E-state index is 11.2. The van der Waals surface area contributed by atoms with Crippen LogP contribution in [0.4, 0.5) is 0 Å². The summed E-state index contributed by atoms with van der Waals surface area (Å²) in [5.74, 6) is -1.12. The maximum Gasteiger partial charge on any atom is 0.448 e. The normalized spacial score (nSPS) is 21.3. The number of hydrogen-bond donors (Lipinski definition) is 5. The number of aliphatic hydroxyl groups is 2. The molecule has 5 N–H and O–H groups in total. The summed E-state index contributed by atoms with van der Waals surface area (Å²) >= 11 is 0. The maximum atomic E-state index is 11.2. The van der Waals surface area contributed by atoms with Crippen molar-refractivity contribution in [1.29, 1.82) is 0 Å². The van der Waals surface area contributed by atoms with Gasteiger partial charge in [-0.1, -0.05) is 19.1 Å². The van der Waals surface area contributed by atoms with Gasteiger partial charge in [0.05, 0.1) is 11.6 Å². The number of nitrogens with zero attached hydrogens (tertiary/aromatic N) is 1. The van der Waals surface area contributed by atoms with Gasteiger partial charge >= 0.3 is 7.75 Å². The topological polar surface area (TPSA) is 131 Å². The molecule has 2 unspecified atom stereocenters. The number of allylic oxidation sites excluding steroid dienone is 3. The number of phenols is 1. The molecule has 0 aromatic heterocycles. The zero-order chi connectivity index (χ0) is 17.9. The van der Waals surface area contributed by atoms with Crippen LogP contribution < -0.4 is 0 Å². The Hall–Kier alpha value is -2.08. The lowest BCUT2D eigenvalue weighted by Gasteiger charge is -2.25. The van der Waals surface area contributed by atoms with Crippen molar-refractivity contribution < 1.29 is 29.7 Å². The van der Waals surface area contributed by atoms with E-state index in [0.717, 1.165) is 17.7 Å². The van der Waals surface area contributed by atoms with Gasteiger partial charge < -0.3 is 25.1 Å². The highest BCUT2D eigenvalue weighted by molar-refractivity contribution is 7.50. The summed E-state index contributed by atoms with van der Waals surface area (Å²) in [4.78, 5) is 18.2. The highest BCUT2D eigenvalue weighted by Crippen LogP contribution is 2.40. The van der Waals surface area contributed by atoms with Crippen LogP contribution in [0.3, 0.4) is 0 Å². The molecule has 0 bridgehead atoms. The fourth-order valence-corrected chi connectivity index (χ4v) is 3.26. The zero-order valence-electron chi connectivity index (χ0n) is 13.1. The van der Waals surface area contributed by atoms with Gasteiger partial charge in [-0.25, -0.2) is 4.57 Å². The van der Waals surface area contributed by atoms with Crippen molar-refractivity contribution in [3.05, 3.63) is 53.5 Å². The Morgan fingerprint density at radius 1 is 1.12 bits per heavy atom. The van der Waals surface area contributed by atoms with Crippen LogP contribution in [0.5, 0.6) is 5.75 Å². The Balaban J connectivity index is 2.33. The van der Waals surface area contributed by atoms with E-state index in [0.29, 0.717) is 12.8 Å². The van der Waals surface area contributed by atoms with E-state index >= 15 is 0 Å². The van der Waals surface area contributed by atoms with Gasteiger partial charge in [0.25, 0.3) is 0 Å². The highest BCUT2D eigenvalue weighted by atomic mass is 31.2. The number of aliphatic hydroxyl groups excluding tert-OH is 2. The second-order valence-electron chi connectivity index (χ2n) is 5.66. The molecule has 1 aromatic rings. The molecule has 2 rings (SSSR count). The fraction of sp³-hybridized carbons (Fsp3) is 0.312. The second-order valence-corrected chi connectivity index (χ2v) is 6.89. The lowest BCUT2D eigenvalue weighted by Crippen LogP contribution is -2.22. The smallest absolute Gasteiger partial charge is 0.448 e. The lowest BCUT2D eigenvalue weighted by atomic mass is 9.82. The summed E-state index contributed by atoms with van der Waals surface area (Å²) in [7, 11) is -4.69. The van der Waals surface area contributed by atoms with Crippen molar-refractivity contribution in [1.82, 2.24) is 0 Å². The molecule has 0 radical (unpaired) electrons. The molecule has 24 heavy (non-hydrogen) atoms. The molecule has 2 atom stereocenters. The minimum atomic E-state index is -4.69. The summed E-state index contributed by atoms with van der Waals surface area (Å²) in [5, 5.41) is 29.1. The third kappa shape index (κ3) is 4.71. The molecule has 0 spiro atoms. The van der Waals surface area contributed by atoms with Gasteiger partial charge in [0.2, 0.25) is 0 Å². The van der Waals surface area contributed by atoms with Gasteiger partial charge in [0, 0.05) is 12.2 Å². The summed E-state index contributed by atoms with van der Waals surface area (Å²) in [6.07, 6.45) is 3.36. The third-order valence-electron chi connectivity index (χ3n) is 3.93. The molecular weight excluding hydrogens is 333 g/mol. The van der Waals surface area contributed by atoms with Crippen LogP contribution in [0.25, 0.3) is 0 Å². The first-order valence-electron chi connectivity index (χ1n) is 7.45. The minimum absolute atomic E-state index is 0.0261. The fourth-order valence-electron chi connectivity index (χ4n) is 2.76. The van der Waals surface area contributed by atoms with E-state index in [1.807, 2.05) is 6.92 Å². The van der Waals surface area contributed by atoms with Gasteiger partial charge in [-0.05, 0) is 36.5 Å². The number of aromatic hydroxyl groups is 1. The average molecular weight is 353 g/mol. The third-order valence-corrected chi connectivity index (χ3v) is 4.42. The molecule has 1 aromatic carbocycles. The average Bonchev–Trinajstić information content (AvgIpc) is 2.46. The first-order valence-corrected chi connectivity index (χ1v) is 9.02. The number of hydrogen-bond acceptors (Lipinski definition) is 4. The first-order chi connectivity index (χ1) is 11.2. The van der Waals surface area contributed by atoms with Crippen LogP contribution >= 0.6 is 7.75 Å². The molecule has 0 amide bonds. The number of rotatable bonds is 5. The molecule has 130 valence electrons. The molecule has 1 aliphatic rings. The molecule has 8 heteroatoms. The van der Waals surface area contributed by atoms with E-state index in [-0.39, 0.29) is 28.9 Å². The molecule has 0 saturated heterocycles. The standard InChI is InChI=1S/C16H20NO6P/c1-2-10(11-3-5-12(18)6-4-11)7-14-15(17-24(21,22)23)8-13(19)9-16(14)20/h3-6,8-10,14,18-20H,2,7H2,1H3,(H2,21,22,23).